The standard InChI is InChI=1S/C15H17FN4S/c16-12-3-1-11(2-4-12)14-17-18-15(21-14)20-10-9-19-7-5-13(20)6-8-19/h1-4,13H,5-10H2. The first-order chi connectivity index (χ1) is 10.3. The number of nitrogens with zero attached hydrogens (tertiary/aromatic N) is 4. The topological polar surface area (TPSA) is 32.3 Å². The SMILES string of the molecule is Fc1ccc(-c2nnc(N3CCN4CCC3CC4)s2)cc1. The zero-order chi connectivity index (χ0) is 14.2. The van der Waals surface area contributed by atoms with Crippen LogP contribution in [0.3, 0.4) is 0 Å². The van der Waals surface area contributed by atoms with E-state index >= 15 is 0 Å². The van der Waals surface area contributed by atoms with E-state index in [1.165, 1.54) is 38.1 Å². The van der Waals surface area contributed by atoms with E-state index in [0.29, 0.717) is 6.04 Å². The van der Waals surface area contributed by atoms with Crippen molar-refractivity contribution in [2.24, 2.45) is 0 Å². The van der Waals surface area contributed by atoms with Gasteiger partial charge in [-0.1, -0.05) is 11.3 Å². The summed E-state index contributed by atoms with van der Waals surface area (Å²) in [6.45, 7) is 4.54. The number of aromatic nitrogens is 2. The lowest BCUT2D eigenvalue weighted by molar-refractivity contribution is 0.250. The molecule has 3 aliphatic rings. The summed E-state index contributed by atoms with van der Waals surface area (Å²) >= 11 is 1.61. The van der Waals surface area contributed by atoms with Crippen LogP contribution in [0.15, 0.2) is 24.3 Å². The van der Waals surface area contributed by atoms with Gasteiger partial charge in [-0.2, -0.15) is 0 Å². The van der Waals surface area contributed by atoms with Gasteiger partial charge in [0.15, 0.2) is 0 Å². The molecule has 21 heavy (non-hydrogen) atoms. The molecular formula is C15H17FN4S. The number of piperidine rings is 1. The summed E-state index contributed by atoms with van der Waals surface area (Å²) in [7, 11) is 0. The van der Waals surface area contributed by atoms with Crippen LogP contribution < -0.4 is 4.90 Å². The highest BCUT2D eigenvalue weighted by molar-refractivity contribution is 7.18. The Morgan fingerprint density at radius 2 is 1.76 bits per heavy atom. The van der Waals surface area contributed by atoms with Crippen LogP contribution in [0.25, 0.3) is 10.6 Å². The third-order valence-electron chi connectivity index (χ3n) is 4.41. The van der Waals surface area contributed by atoms with Gasteiger partial charge in [-0.3, -0.25) is 0 Å². The van der Waals surface area contributed by atoms with E-state index in [4.69, 9.17) is 0 Å². The maximum Gasteiger partial charge on any atom is 0.208 e. The molecule has 0 saturated carbocycles. The second-order valence-electron chi connectivity index (χ2n) is 5.66. The van der Waals surface area contributed by atoms with Gasteiger partial charge in [0.1, 0.15) is 10.8 Å². The lowest BCUT2D eigenvalue weighted by Crippen LogP contribution is -2.37. The molecule has 3 saturated heterocycles. The average molecular weight is 304 g/mol. The van der Waals surface area contributed by atoms with Crippen molar-refractivity contribution >= 4 is 16.5 Å². The molecule has 0 atom stereocenters. The van der Waals surface area contributed by atoms with Gasteiger partial charge in [0.2, 0.25) is 5.13 Å². The van der Waals surface area contributed by atoms with Gasteiger partial charge < -0.3 is 9.80 Å². The van der Waals surface area contributed by atoms with Crippen LogP contribution in [-0.2, 0) is 0 Å². The van der Waals surface area contributed by atoms with Crippen molar-refractivity contribution in [2.45, 2.75) is 18.9 Å². The molecule has 2 bridgehead atoms. The molecule has 5 rings (SSSR count). The zero-order valence-electron chi connectivity index (χ0n) is 11.7. The molecule has 0 aliphatic carbocycles. The quantitative estimate of drug-likeness (QED) is 0.854. The Morgan fingerprint density at radius 3 is 2.52 bits per heavy atom. The number of fused-ring (bicyclic) bond motifs is 4. The lowest BCUT2D eigenvalue weighted by Gasteiger charge is -2.30. The first-order valence-corrected chi connectivity index (χ1v) is 8.20. The number of benzene rings is 1. The van der Waals surface area contributed by atoms with Crippen LogP contribution in [0.1, 0.15) is 12.8 Å². The summed E-state index contributed by atoms with van der Waals surface area (Å²) < 4.78 is 13.0. The molecule has 3 fully saturated rings. The van der Waals surface area contributed by atoms with Crippen LogP contribution >= 0.6 is 11.3 Å². The average Bonchev–Trinajstić information content (AvgIpc) is 2.81. The predicted octanol–water partition coefficient (Wildman–Crippen LogP) is 2.63. The number of anilines is 1. The molecule has 4 nitrogen and oxygen atoms in total. The van der Waals surface area contributed by atoms with E-state index in [-0.39, 0.29) is 5.82 Å². The highest BCUT2D eigenvalue weighted by Crippen LogP contribution is 2.32. The number of rotatable bonds is 2. The molecule has 110 valence electrons. The largest absolute Gasteiger partial charge is 0.342 e. The van der Waals surface area contributed by atoms with Gasteiger partial charge in [0, 0.05) is 37.8 Å². The Kier molecular flexibility index (Phi) is 3.35. The summed E-state index contributed by atoms with van der Waals surface area (Å²) in [5, 5.41) is 10.5. The normalized spacial score (nSPS) is 25.1. The second-order valence-corrected chi connectivity index (χ2v) is 6.62. The molecule has 1 aromatic heterocycles. The van der Waals surface area contributed by atoms with E-state index in [2.05, 4.69) is 20.0 Å². The maximum absolute atomic E-state index is 13.0. The molecule has 2 aromatic rings. The lowest BCUT2D eigenvalue weighted by atomic mass is 10.1. The third kappa shape index (κ3) is 2.53. The Hall–Kier alpha value is -1.53. The van der Waals surface area contributed by atoms with Gasteiger partial charge in [-0.25, -0.2) is 4.39 Å². The molecule has 0 amide bonds. The minimum atomic E-state index is -0.220. The van der Waals surface area contributed by atoms with E-state index in [9.17, 15) is 4.39 Å². The fourth-order valence-electron chi connectivity index (χ4n) is 3.18. The summed E-state index contributed by atoms with van der Waals surface area (Å²) in [5.74, 6) is -0.220. The summed E-state index contributed by atoms with van der Waals surface area (Å²) in [6.07, 6.45) is 2.43. The van der Waals surface area contributed by atoms with Crippen LogP contribution in [0.4, 0.5) is 9.52 Å². The first kappa shape index (κ1) is 13.2. The van der Waals surface area contributed by atoms with E-state index in [1.54, 1.807) is 23.5 Å². The molecule has 1 aromatic carbocycles. The van der Waals surface area contributed by atoms with Gasteiger partial charge in [0.25, 0.3) is 0 Å². The van der Waals surface area contributed by atoms with Crippen molar-refractivity contribution in [2.75, 3.05) is 31.1 Å². The van der Waals surface area contributed by atoms with Crippen molar-refractivity contribution in [1.82, 2.24) is 15.1 Å². The molecule has 0 unspecified atom stereocenters. The zero-order valence-corrected chi connectivity index (χ0v) is 12.5. The van der Waals surface area contributed by atoms with Crippen molar-refractivity contribution < 1.29 is 4.39 Å². The Labute approximate surface area is 127 Å². The molecule has 6 heteroatoms. The highest BCUT2D eigenvalue weighted by Gasteiger charge is 2.30. The summed E-state index contributed by atoms with van der Waals surface area (Å²) in [5.41, 5.74) is 0.933. The fraction of sp³-hybridized carbons (Fsp3) is 0.467. The Morgan fingerprint density at radius 1 is 1.00 bits per heavy atom. The highest BCUT2D eigenvalue weighted by atomic mass is 32.1. The second kappa shape index (κ2) is 5.35. The van der Waals surface area contributed by atoms with Crippen molar-refractivity contribution in [3.05, 3.63) is 30.1 Å². The molecule has 0 radical (unpaired) electrons. The molecule has 0 N–H and O–H groups in total. The van der Waals surface area contributed by atoms with Gasteiger partial charge in [0.05, 0.1) is 0 Å². The molecule has 3 aliphatic heterocycles. The summed E-state index contributed by atoms with van der Waals surface area (Å²) in [4.78, 5) is 4.94. The number of hydrogen-bond acceptors (Lipinski definition) is 5. The van der Waals surface area contributed by atoms with Crippen LogP contribution in [0.5, 0.6) is 0 Å². The Balaban J connectivity index is 1.60. The van der Waals surface area contributed by atoms with E-state index in [0.717, 1.165) is 28.8 Å². The number of hydrogen-bond donors (Lipinski definition) is 0. The van der Waals surface area contributed by atoms with Gasteiger partial charge >= 0.3 is 0 Å². The Bertz CT molecular complexity index is 619. The van der Waals surface area contributed by atoms with Gasteiger partial charge in [-0.15, -0.1) is 10.2 Å². The van der Waals surface area contributed by atoms with Crippen molar-refractivity contribution in [3.63, 3.8) is 0 Å². The van der Waals surface area contributed by atoms with Crippen molar-refractivity contribution in [3.8, 4) is 10.6 Å². The van der Waals surface area contributed by atoms with E-state index < -0.39 is 0 Å². The number of halogens is 1. The third-order valence-corrected chi connectivity index (χ3v) is 5.42. The molecular weight excluding hydrogens is 287 g/mol. The first-order valence-electron chi connectivity index (χ1n) is 7.38. The minimum Gasteiger partial charge on any atom is -0.342 e. The fourth-order valence-corrected chi connectivity index (χ4v) is 4.13. The maximum atomic E-state index is 13.0. The van der Waals surface area contributed by atoms with Gasteiger partial charge in [-0.05, 0) is 37.1 Å². The molecule has 0 spiro atoms. The van der Waals surface area contributed by atoms with Crippen LogP contribution in [0.2, 0.25) is 0 Å². The van der Waals surface area contributed by atoms with Crippen LogP contribution in [-0.4, -0.2) is 47.3 Å². The van der Waals surface area contributed by atoms with E-state index in [1.807, 2.05) is 0 Å². The molecule has 4 heterocycles. The monoisotopic (exact) mass is 304 g/mol. The van der Waals surface area contributed by atoms with Crippen LogP contribution in [0, 0.1) is 5.82 Å². The minimum absolute atomic E-state index is 0.220. The smallest absolute Gasteiger partial charge is 0.208 e. The van der Waals surface area contributed by atoms with Crippen molar-refractivity contribution in [1.29, 1.82) is 0 Å². The summed E-state index contributed by atoms with van der Waals surface area (Å²) in [6, 6.07) is 7.06. The predicted molar refractivity (Wildman–Crippen MR) is 82.1 cm³/mol.